The molecule has 1 rings (SSSR count). The van der Waals surface area contributed by atoms with Crippen LogP contribution < -0.4 is 16.0 Å². The quantitative estimate of drug-likeness (QED) is 0.332. The van der Waals surface area contributed by atoms with Gasteiger partial charge in [0.2, 0.25) is 17.7 Å². The van der Waals surface area contributed by atoms with Crippen molar-refractivity contribution in [2.75, 3.05) is 13.7 Å². The van der Waals surface area contributed by atoms with Crippen molar-refractivity contribution in [3.8, 4) is 0 Å². The van der Waals surface area contributed by atoms with Crippen molar-refractivity contribution in [3.63, 3.8) is 0 Å². The molecule has 0 aromatic rings. The van der Waals surface area contributed by atoms with E-state index in [1.54, 1.807) is 13.8 Å². The van der Waals surface area contributed by atoms with Crippen molar-refractivity contribution in [3.05, 3.63) is 12.2 Å². The molecule has 0 aliphatic carbocycles. The van der Waals surface area contributed by atoms with Crippen molar-refractivity contribution in [2.45, 2.75) is 45.5 Å². The number of nitrogens with zero attached hydrogens (tertiary/aromatic N) is 1. The van der Waals surface area contributed by atoms with Crippen LogP contribution in [0.5, 0.6) is 0 Å². The lowest BCUT2D eigenvalue weighted by Crippen LogP contribution is -2.54. The first-order chi connectivity index (χ1) is 12.2. The van der Waals surface area contributed by atoms with E-state index < -0.39 is 36.0 Å². The summed E-state index contributed by atoms with van der Waals surface area (Å²) in [6, 6.07) is -1.00. The molecule has 0 aromatic carbocycles. The van der Waals surface area contributed by atoms with Gasteiger partial charge in [0.1, 0.15) is 12.1 Å². The Labute approximate surface area is 151 Å². The van der Waals surface area contributed by atoms with Crippen molar-refractivity contribution in [2.24, 2.45) is 0 Å². The van der Waals surface area contributed by atoms with Gasteiger partial charge in [0.25, 0.3) is 11.8 Å². The van der Waals surface area contributed by atoms with Crippen LogP contribution in [0.1, 0.15) is 27.2 Å². The van der Waals surface area contributed by atoms with Crippen LogP contribution in [-0.4, -0.2) is 66.4 Å². The highest BCUT2D eigenvalue weighted by Gasteiger charge is 2.33. The minimum atomic E-state index is -1.00. The molecule has 26 heavy (non-hydrogen) atoms. The molecule has 10 heteroatoms. The van der Waals surface area contributed by atoms with Crippen LogP contribution in [0.2, 0.25) is 0 Å². The van der Waals surface area contributed by atoms with E-state index in [1.165, 1.54) is 14.0 Å². The van der Waals surface area contributed by atoms with E-state index >= 15 is 0 Å². The summed E-state index contributed by atoms with van der Waals surface area (Å²) >= 11 is 0. The number of carbonyl (C=O) groups excluding carboxylic acids is 5. The number of hydrogen-bond donors (Lipinski definition) is 3. The second-order valence-corrected chi connectivity index (χ2v) is 5.77. The summed E-state index contributed by atoms with van der Waals surface area (Å²) < 4.78 is 4.84. The number of hydrogen-bond acceptors (Lipinski definition) is 6. The second kappa shape index (κ2) is 9.66. The van der Waals surface area contributed by atoms with Gasteiger partial charge in [-0.1, -0.05) is 0 Å². The third kappa shape index (κ3) is 5.96. The first kappa shape index (κ1) is 21.3. The number of nitrogens with one attached hydrogen (secondary N) is 3. The average molecular weight is 368 g/mol. The van der Waals surface area contributed by atoms with Crippen LogP contribution in [0.25, 0.3) is 0 Å². The average Bonchev–Trinajstić information content (AvgIpc) is 2.91. The predicted octanol–water partition coefficient (Wildman–Crippen LogP) is -1.58. The topological polar surface area (TPSA) is 134 Å². The van der Waals surface area contributed by atoms with Crippen LogP contribution in [0.3, 0.4) is 0 Å². The maximum Gasteiger partial charge on any atom is 0.254 e. The number of methoxy groups -OCH3 is 1. The normalized spacial score (nSPS) is 16.8. The number of imide groups is 1. The first-order valence-corrected chi connectivity index (χ1v) is 8.12. The van der Waals surface area contributed by atoms with Gasteiger partial charge >= 0.3 is 0 Å². The van der Waals surface area contributed by atoms with Gasteiger partial charge in [0, 0.05) is 32.2 Å². The molecule has 10 nitrogen and oxygen atoms in total. The summed E-state index contributed by atoms with van der Waals surface area (Å²) in [5.41, 5.74) is 0. The van der Waals surface area contributed by atoms with Crippen molar-refractivity contribution >= 4 is 29.5 Å². The number of amides is 5. The van der Waals surface area contributed by atoms with Gasteiger partial charge in [-0.15, -0.1) is 0 Å². The zero-order chi connectivity index (χ0) is 19.9. The Balaban J connectivity index is 2.36. The van der Waals surface area contributed by atoms with E-state index in [2.05, 4.69) is 16.0 Å². The van der Waals surface area contributed by atoms with Crippen LogP contribution >= 0.6 is 0 Å². The third-order valence-corrected chi connectivity index (χ3v) is 3.72. The van der Waals surface area contributed by atoms with Gasteiger partial charge in [-0.3, -0.25) is 28.9 Å². The number of ether oxygens (including phenoxy) is 1. The minimum absolute atomic E-state index is 0.0188. The summed E-state index contributed by atoms with van der Waals surface area (Å²) in [6.07, 6.45) is 0.881. The van der Waals surface area contributed by atoms with E-state index in [1.807, 2.05) is 0 Å². The molecule has 0 saturated heterocycles. The lowest BCUT2D eigenvalue weighted by Gasteiger charge is -2.24. The zero-order valence-corrected chi connectivity index (χ0v) is 15.2. The molecule has 3 atom stereocenters. The first-order valence-electron chi connectivity index (χ1n) is 8.12. The predicted molar refractivity (Wildman–Crippen MR) is 90.3 cm³/mol. The minimum Gasteiger partial charge on any atom is -0.372 e. The molecule has 0 aromatic heterocycles. The second-order valence-electron chi connectivity index (χ2n) is 5.77. The van der Waals surface area contributed by atoms with Crippen LogP contribution in [0.15, 0.2) is 12.2 Å². The Kier molecular flexibility index (Phi) is 7.91. The highest BCUT2D eigenvalue weighted by atomic mass is 16.5. The van der Waals surface area contributed by atoms with Gasteiger partial charge in [-0.2, -0.15) is 0 Å². The monoisotopic (exact) mass is 368 g/mol. The van der Waals surface area contributed by atoms with Crippen molar-refractivity contribution in [1.82, 2.24) is 20.9 Å². The van der Waals surface area contributed by atoms with Crippen molar-refractivity contribution in [1.29, 1.82) is 0 Å². The molecule has 0 radical (unpaired) electrons. The lowest BCUT2D eigenvalue weighted by molar-refractivity contribution is -0.145. The molecule has 1 heterocycles. The van der Waals surface area contributed by atoms with Crippen LogP contribution in [-0.2, 0) is 28.7 Å². The van der Waals surface area contributed by atoms with E-state index in [4.69, 9.17) is 4.74 Å². The van der Waals surface area contributed by atoms with Gasteiger partial charge in [0.15, 0.2) is 0 Å². The summed E-state index contributed by atoms with van der Waals surface area (Å²) in [5, 5.41) is 7.58. The summed E-state index contributed by atoms with van der Waals surface area (Å²) in [7, 11) is 1.40. The highest BCUT2D eigenvalue weighted by molar-refractivity contribution is 6.15. The van der Waals surface area contributed by atoms with Gasteiger partial charge in [-0.05, 0) is 20.8 Å². The molecule has 0 spiro atoms. The summed E-state index contributed by atoms with van der Waals surface area (Å²) in [6.45, 7) is 4.66. The van der Waals surface area contributed by atoms with Crippen LogP contribution in [0.4, 0.5) is 0 Å². The largest absolute Gasteiger partial charge is 0.372 e. The van der Waals surface area contributed by atoms with Crippen LogP contribution in [0, 0.1) is 0 Å². The molecule has 0 bridgehead atoms. The Morgan fingerprint density at radius 2 is 1.62 bits per heavy atom. The fraction of sp³-hybridized carbons (Fsp3) is 0.562. The maximum atomic E-state index is 12.1. The highest BCUT2D eigenvalue weighted by Crippen LogP contribution is 2.09. The Hall–Kier alpha value is -2.75. The number of rotatable bonds is 9. The van der Waals surface area contributed by atoms with Crippen molar-refractivity contribution < 1.29 is 28.7 Å². The zero-order valence-electron chi connectivity index (χ0n) is 15.2. The molecular formula is C16H24N4O6. The SMILES string of the molecule is COC(C)C(=O)NCCC(=O)NC(C)NC(=O)C(C)N1C(=O)C=CC1=O. The fourth-order valence-electron chi connectivity index (χ4n) is 2.14. The molecule has 3 unspecified atom stereocenters. The smallest absolute Gasteiger partial charge is 0.254 e. The number of carbonyl (C=O) groups is 5. The van der Waals surface area contributed by atoms with E-state index in [0.29, 0.717) is 0 Å². The standard InChI is InChI=1S/C16H24N4O6/c1-9(20-13(22)5-6-14(20)23)15(24)19-11(3)18-12(21)7-8-17-16(25)10(2)26-4/h5-6,9-11H,7-8H2,1-4H3,(H,17,25)(H,18,21)(H,19,24). The maximum absolute atomic E-state index is 12.1. The molecule has 144 valence electrons. The molecule has 3 N–H and O–H groups in total. The summed E-state index contributed by atoms with van der Waals surface area (Å²) in [5.74, 6) is -2.41. The molecule has 5 amide bonds. The van der Waals surface area contributed by atoms with Gasteiger partial charge < -0.3 is 20.7 Å². The lowest BCUT2D eigenvalue weighted by atomic mass is 10.2. The van der Waals surface area contributed by atoms with Gasteiger partial charge in [0.05, 0.1) is 6.17 Å². The van der Waals surface area contributed by atoms with E-state index in [-0.39, 0.29) is 24.8 Å². The Morgan fingerprint density at radius 3 is 2.15 bits per heavy atom. The molecule has 1 aliphatic rings. The third-order valence-electron chi connectivity index (χ3n) is 3.72. The molecular weight excluding hydrogens is 344 g/mol. The Morgan fingerprint density at radius 1 is 1.04 bits per heavy atom. The summed E-state index contributed by atoms with van der Waals surface area (Å²) in [4.78, 5) is 59.4. The Bertz CT molecular complexity index is 600. The fourth-order valence-corrected chi connectivity index (χ4v) is 2.14. The molecule has 0 fully saturated rings. The van der Waals surface area contributed by atoms with E-state index in [0.717, 1.165) is 17.1 Å². The molecule has 1 aliphatic heterocycles. The van der Waals surface area contributed by atoms with Gasteiger partial charge in [-0.25, -0.2) is 0 Å². The van der Waals surface area contributed by atoms with E-state index in [9.17, 15) is 24.0 Å². The molecule has 0 saturated carbocycles.